The van der Waals surface area contributed by atoms with Gasteiger partial charge in [-0.2, -0.15) is 0 Å². The Morgan fingerprint density at radius 3 is 2.87 bits per heavy atom. The van der Waals surface area contributed by atoms with Crippen LogP contribution >= 0.6 is 0 Å². The van der Waals surface area contributed by atoms with Crippen LogP contribution in [-0.2, 0) is 11.3 Å². The number of aromatic nitrogens is 1. The van der Waals surface area contributed by atoms with Gasteiger partial charge in [-0.1, -0.05) is 6.92 Å². The summed E-state index contributed by atoms with van der Waals surface area (Å²) in [5, 5.41) is 8.75. The Balaban J connectivity index is 2.46. The summed E-state index contributed by atoms with van der Waals surface area (Å²) in [6.45, 7) is 4.65. The van der Waals surface area contributed by atoms with Crippen molar-refractivity contribution in [2.24, 2.45) is 5.92 Å². The number of rotatable bonds is 5. The smallest absolute Gasteiger partial charge is 0.307 e. The largest absolute Gasteiger partial charge is 0.481 e. The van der Waals surface area contributed by atoms with E-state index < -0.39 is 5.97 Å². The SMILES string of the molecule is Cc1ocnc1CN(C)CC(C)C(=O)O. The molecule has 0 saturated carbocycles. The van der Waals surface area contributed by atoms with Gasteiger partial charge in [0, 0.05) is 13.1 Å². The van der Waals surface area contributed by atoms with Gasteiger partial charge in [-0.15, -0.1) is 0 Å². The Morgan fingerprint density at radius 1 is 1.73 bits per heavy atom. The molecular formula is C10H16N2O3. The van der Waals surface area contributed by atoms with Gasteiger partial charge >= 0.3 is 5.97 Å². The minimum absolute atomic E-state index is 0.373. The lowest BCUT2D eigenvalue weighted by Crippen LogP contribution is -2.28. The molecule has 1 unspecified atom stereocenters. The molecule has 1 heterocycles. The molecule has 0 aliphatic heterocycles. The third-order valence-corrected chi connectivity index (χ3v) is 2.27. The predicted octanol–water partition coefficient (Wildman–Crippen LogP) is 1.14. The van der Waals surface area contributed by atoms with Crippen LogP contribution in [0.15, 0.2) is 10.8 Å². The standard InChI is InChI=1S/C10H16N2O3/c1-7(10(13)14)4-12(3)5-9-8(2)15-6-11-9/h6-7H,4-5H2,1-3H3,(H,13,14). The van der Waals surface area contributed by atoms with Crippen molar-refractivity contribution < 1.29 is 14.3 Å². The molecule has 15 heavy (non-hydrogen) atoms. The fourth-order valence-corrected chi connectivity index (χ4v) is 1.35. The molecule has 5 nitrogen and oxygen atoms in total. The molecule has 0 bridgehead atoms. The lowest BCUT2D eigenvalue weighted by molar-refractivity contribution is -0.141. The Kier molecular flexibility index (Phi) is 3.85. The normalized spacial score (nSPS) is 13.1. The van der Waals surface area contributed by atoms with Crippen LogP contribution in [0.2, 0.25) is 0 Å². The van der Waals surface area contributed by atoms with E-state index in [4.69, 9.17) is 9.52 Å². The first-order valence-corrected chi connectivity index (χ1v) is 4.81. The summed E-state index contributed by atoms with van der Waals surface area (Å²) >= 11 is 0. The molecule has 0 aromatic carbocycles. The zero-order valence-electron chi connectivity index (χ0n) is 9.23. The summed E-state index contributed by atoms with van der Waals surface area (Å²) < 4.78 is 5.06. The molecule has 0 fully saturated rings. The van der Waals surface area contributed by atoms with Crippen molar-refractivity contribution in [3.8, 4) is 0 Å². The molecule has 1 aromatic rings. The summed E-state index contributed by atoms with van der Waals surface area (Å²) in [6, 6.07) is 0. The third kappa shape index (κ3) is 3.36. The van der Waals surface area contributed by atoms with Gasteiger partial charge in [0.2, 0.25) is 0 Å². The highest BCUT2D eigenvalue weighted by Crippen LogP contribution is 2.08. The molecular weight excluding hydrogens is 196 g/mol. The van der Waals surface area contributed by atoms with E-state index in [9.17, 15) is 4.79 Å². The molecule has 5 heteroatoms. The maximum absolute atomic E-state index is 10.6. The molecule has 1 N–H and O–H groups in total. The highest BCUT2D eigenvalue weighted by Gasteiger charge is 2.15. The summed E-state index contributed by atoms with van der Waals surface area (Å²) in [5.74, 6) is -0.370. The molecule has 0 amide bonds. The molecule has 1 aromatic heterocycles. The molecule has 0 saturated heterocycles. The number of nitrogens with zero attached hydrogens (tertiary/aromatic N) is 2. The quantitative estimate of drug-likeness (QED) is 0.792. The maximum Gasteiger partial charge on any atom is 0.307 e. The summed E-state index contributed by atoms with van der Waals surface area (Å²) in [4.78, 5) is 16.6. The lowest BCUT2D eigenvalue weighted by atomic mass is 10.2. The first kappa shape index (κ1) is 11.7. The van der Waals surface area contributed by atoms with E-state index in [1.165, 1.54) is 6.39 Å². The van der Waals surface area contributed by atoms with Crippen LogP contribution in [0.1, 0.15) is 18.4 Å². The van der Waals surface area contributed by atoms with Crippen molar-refractivity contribution in [1.29, 1.82) is 0 Å². The molecule has 0 radical (unpaired) electrons. The predicted molar refractivity (Wildman–Crippen MR) is 54.4 cm³/mol. The Bertz CT molecular complexity index is 335. The molecule has 0 aliphatic rings. The van der Waals surface area contributed by atoms with Crippen molar-refractivity contribution in [2.45, 2.75) is 20.4 Å². The minimum atomic E-state index is -0.779. The van der Waals surface area contributed by atoms with Crippen LogP contribution in [0.25, 0.3) is 0 Å². The fourth-order valence-electron chi connectivity index (χ4n) is 1.35. The van der Waals surface area contributed by atoms with Gasteiger partial charge in [0.15, 0.2) is 6.39 Å². The van der Waals surface area contributed by atoms with E-state index in [2.05, 4.69) is 4.98 Å². The van der Waals surface area contributed by atoms with Crippen molar-refractivity contribution in [2.75, 3.05) is 13.6 Å². The Labute approximate surface area is 88.7 Å². The zero-order valence-corrected chi connectivity index (χ0v) is 9.23. The fraction of sp³-hybridized carbons (Fsp3) is 0.600. The number of aliphatic carboxylic acids is 1. The van der Waals surface area contributed by atoms with Gasteiger partial charge in [-0.05, 0) is 14.0 Å². The number of carbonyl (C=O) groups is 1. The highest BCUT2D eigenvalue weighted by atomic mass is 16.4. The third-order valence-electron chi connectivity index (χ3n) is 2.27. The van der Waals surface area contributed by atoms with Gasteiger partial charge in [0.25, 0.3) is 0 Å². The van der Waals surface area contributed by atoms with Crippen molar-refractivity contribution >= 4 is 5.97 Å². The van der Waals surface area contributed by atoms with E-state index in [1.807, 2.05) is 18.9 Å². The number of aryl methyl sites for hydroxylation is 1. The van der Waals surface area contributed by atoms with Crippen LogP contribution in [0.4, 0.5) is 0 Å². The van der Waals surface area contributed by atoms with E-state index in [0.717, 1.165) is 11.5 Å². The summed E-state index contributed by atoms with van der Waals surface area (Å²) in [6.07, 6.45) is 1.40. The second-order valence-electron chi connectivity index (χ2n) is 3.79. The van der Waals surface area contributed by atoms with E-state index in [-0.39, 0.29) is 5.92 Å². The van der Waals surface area contributed by atoms with Crippen LogP contribution in [-0.4, -0.2) is 34.6 Å². The zero-order chi connectivity index (χ0) is 11.4. The highest BCUT2D eigenvalue weighted by molar-refractivity contribution is 5.69. The summed E-state index contributed by atoms with van der Waals surface area (Å²) in [7, 11) is 1.87. The van der Waals surface area contributed by atoms with Gasteiger partial charge < -0.3 is 9.52 Å². The Morgan fingerprint density at radius 2 is 2.40 bits per heavy atom. The molecule has 0 spiro atoms. The molecule has 84 valence electrons. The van der Waals surface area contributed by atoms with Gasteiger partial charge in [-0.25, -0.2) is 4.98 Å². The van der Waals surface area contributed by atoms with Crippen LogP contribution < -0.4 is 0 Å². The van der Waals surface area contributed by atoms with Gasteiger partial charge in [0.1, 0.15) is 5.76 Å². The maximum atomic E-state index is 10.6. The lowest BCUT2D eigenvalue weighted by Gasteiger charge is -2.17. The minimum Gasteiger partial charge on any atom is -0.481 e. The van der Waals surface area contributed by atoms with Crippen molar-refractivity contribution in [1.82, 2.24) is 9.88 Å². The van der Waals surface area contributed by atoms with Gasteiger partial charge in [-0.3, -0.25) is 9.69 Å². The van der Waals surface area contributed by atoms with E-state index in [0.29, 0.717) is 13.1 Å². The topological polar surface area (TPSA) is 66.6 Å². The number of carboxylic acids is 1. The number of carboxylic acid groups (broad SMARTS) is 1. The first-order chi connectivity index (χ1) is 7.00. The van der Waals surface area contributed by atoms with Crippen LogP contribution in [0, 0.1) is 12.8 Å². The number of hydrogen-bond acceptors (Lipinski definition) is 4. The van der Waals surface area contributed by atoms with Crippen molar-refractivity contribution in [3.05, 3.63) is 17.8 Å². The average molecular weight is 212 g/mol. The summed E-state index contributed by atoms with van der Waals surface area (Å²) in [5.41, 5.74) is 0.857. The van der Waals surface area contributed by atoms with Crippen molar-refractivity contribution in [3.63, 3.8) is 0 Å². The van der Waals surface area contributed by atoms with Crippen LogP contribution in [0.5, 0.6) is 0 Å². The van der Waals surface area contributed by atoms with E-state index in [1.54, 1.807) is 6.92 Å². The molecule has 0 aliphatic carbocycles. The Hall–Kier alpha value is -1.36. The van der Waals surface area contributed by atoms with E-state index >= 15 is 0 Å². The monoisotopic (exact) mass is 212 g/mol. The first-order valence-electron chi connectivity index (χ1n) is 4.81. The second kappa shape index (κ2) is 4.93. The van der Waals surface area contributed by atoms with Crippen LogP contribution in [0.3, 0.4) is 0 Å². The average Bonchev–Trinajstić information content (AvgIpc) is 2.51. The van der Waals surface area contributed by atoms with Gasteiger partial charge in [0.05, 0.1) is 11.6 Å². The molecule has 1 rings (SSSR count). The number of oxazole rings is 1. The number of hydrogen-bond donors (Lipinski definition) is 1. The molecule has 1 atom stereocenters. The second-order valence-corrected chi connectivity index (χ2v) is 3.79.